The largest absolute Gasteiger partial charge is 0.500 e. The topological polar surface area (TPSA) is 154 Å². The van der Waals surface area contributed by atoms with Gasteiger partial charge in [0, 0.05) is 29.0 Å². The van der Waals surface area contributed by atoms with E-state index in [2.05, 4.69) is 5.32 Å². The predicted octanol–water partition coefficient (Wildman–Crippen LogP) is 2.88. The van der Waals surface area contributed by atoms with E-state index in [1.165, 1.54) is 13.2 Å². The molecule has 0 radical (unpaired) electrons. The van der Waals surface area contributed by atoms with Gasteiger partial charge in [-0.05, 0) is 44.7 Å². The van der Waals surface area contributed by atoms with Crippen LogP contribution in [-0.2, 0) is 23.9 Å². The number of hydrogen-bond acceptors (Lipinski definition) is 10. The number of benzene rings is 1. The number of phenols is 1. The van der Waals surface area contributed by atoms with E-state index >= 15 is 0 Å². The zero-order valence-electron chi connectivity index (χ0n) is 20.2. The molecule has 188 valence electrons. The lowest BCUT2D eigenvalue weighted by atomic mass is 9.69. The Bertz CT molecular complexity index is 1150. The fourth-order valence-corrected chi connectivity index (χ4v) is 4.68. The Hall–Kier alpha value is -3.89. The van der Waals surface area contributed by atoms with Crippen LogP contribution in [0, 0.1) is 22.0 Å². The maximum Gasteiger partial charge on any atom is 0.336 e. The summed E-state index contributed by atoms with van der Waals surface area (Å²) in [6.45, 7) is 6.83. The minimum atomic E-state index is -1.11. The van der Waals surface area contributed by atoms with Crippen LogP contribution in [0.15, 0.2) is 34.7 Å². The maximum absolute atomic E-state index is 13.7. The monoisotopic (exact) mass is 488 g/mol. The van der Waals surface area contributed by atoms with Gasteiger partial charge in [-0.2, -0.15) is 0 Å². The molecule has 0 unspecified atom stereocenters. The van der Waals surface area contributed by atoms with E-state index in [9.17, 15) is 29.6 Å². The van der Waals surface area contributed by atoms with Crippen LogP contribution in [0.1, 0.15) is 45.6 Å². The van der Waals surface area contributed by atoms with Crippen molar-refractivity contribution in [3.05, 3.63) is 50.4 Å². The molecule has 1 aromatic carbocycles. The van der Waals surface area contributed by atoms with Crippen LogP contribution in [0.3, 0.4) is 0 Å². The fourth-order valence-electron chi connectivity index (χ4n) is 4.68. The standard InChI is InChI=1S/C24H28N2O9/c1-6-34-16-10-13(9-15(21(16)27)26(31)32)19-18(24(30)35-7-2)12(4)25-14-8-11(3)17(23(29)33-5)22(28)20(14)19/h9-11,17,19,25,27H,6-8H2,1-5H3/t11-,17+,19-/m0/s1. The number of rotatable bonds is 7. The molecule has 11 nitrogen and oxygen atoms in total. The van der Waals surface area contributed by atoms with Gasteiger partial charge in [-0.1, -0.05) is 6.92 Å². The molecule has 0 aromatic heterocycles. The van der Waals surface area contributed by atoms with Gasteiger partial charge in [0.25, 0.3) is 0 Å². The summed E-state index contributed by atoms with van der Waals surface area (Å²) in [5.41, 5.74) is 0.632. The van der Waals surface area contributed by atoms with Gasteiger partial charge in [0.1, 0.15) is 5.92 Å². The number of ketones is 1. The van der Waals surface area contributed by atoms with Crippen molar-refractivity contribution in [1.29, 1.82) is 0 Å². The molecular formula is C24H28N2O9. The quantitative estimate of drug-likeness (QED) is 0.253. The number of nitrogens with zero attached hydrogens (tertiary/aromatic N) is 1. The number of carbonyl (C=O) groups excluding carboxylic acids is 3. The highest BCUT2D eigenvalue weighted by Crippen LogP contribution is 2.48. The van der Waals surface area contributed by atoms with Crippen molar-refractivity contribution in [3.63, 3.8) is 0 Å². The SMILES string of the molecule is CCOC(=O)C1=C(C)NC2=C(C(=O)[C@H](C(=O)OC)[C@@H](C)C2)[C@H]1c1cc(OCC)c(O)c([N+](=O)[O-])c1. The average molecular weight is 488 g/mol. The lowest BCUT2D eigenvalue weighted by Gasteiger charge is -2.38. The molecule has 1 aromatic rings. The number of nitro benzene ring substituents is 1. The van der Waals surface area contributed by atoms with Crippen molar-refractivity contribution < 1.29 is 38.6 Å². The summed E-state index contributed by atoms with van der Waals surface area (Å²) in [6, 6.07) is 2.46. The number of dihydropyridines is 1. The lowest BCUT2D eigenvalue weighted by molar-refractivity contribution is -0.386. The van der Waals surface area contributed by atoms with Gasteiger partial charge < -0.3 is 24.6 Å². The summed E-state index contributed by atoms with van der Waals surface area (Å²) in [7, 11) is 1.19. The van der Waals surface area contributed by atoms with Crippen LogP contribution < -0.4 is 10.1 Å². The van der Waals surface area contributed by atoms with Crippen LogP contribution in [0.4, 0.5) is 5.69 Å². The van der Waals surface area contributed by atoms with E-state index in [1.54, 1.807) is 27.7 Å². The van der Waals surface area contributed by atoms with Gasteiger partial charge in [-0.3, -0.25) is 19.7 Å². The maximum atomic E-state index is 13.7. The molecule has 1 heterocycles. The highest BCUT2D eigenvalue weighted by Gasteiger charge is 2.47. The van der Waals surface area contributed by atoms with Gasteiger partial charge in [0.05, 0.1) is 30.8 Å². The Balaban J connectivity index is 2.32. The first-order valence-electron chi connectivity index (χ1n) is 11.2. The molecule has 1 aliphatic carbocycles. The Kier molecular flexibility index (Phi) is 7.47. The molecule has 0 amide bonds. The minimum Gasteiger partial charge on any atom is -0.500 e. The number of phenolic OH excluding ortho intramolecular Hbond substituents is 1. The molecule has 0 saturated heterocycles. The van der Waals surface area contributed by atoms with E-state index in [-0.39, 0.29) is 41.6 Å². The van der Waals surface area contributed by atoms with Crippen molar-refractivity contribution >= 4 is 23.4 Å². The molecule has 11 heteroatoms. The Morgan fingerprint density at radius 1 is 1.26 bits per heavy atom. The summed E-state index contributed by atoms with van der Waals surface area (Å²) in [4.78, 5) is 50.1. The second-order valence-electron chi connectivity index (χ2n) is 8.33. The first-order chi connectivity index (χ1) is 16.6. The van der Waals surface area contributed by atoms with Crippen molar-refractivity contribution in [2.75, 3.05) is 20.3 Å². The predicted molar refractivity (Wildman–Crippen MR) is 122 cm³/mol. The number of methoxy groups -OCH3 is 1. The smallest absolute Gasteiger partial charge is 0.336 e. The zero-order chi connectivity index (χ0) is 26.0. The number of esters is 2. The summed E-state index contributed by atoms with van der Waals surface area (Å²) in [5.74, 6) is -5.40. The Morgan fingerprint density at radius 2 is 1.94 bits per heavy atom. The average Bonchev–Trinajstić information content (AvgIpc) is 2.79. The third-order valence-corrected chi connectivity index (χ3v) is 6.15. The second kappa shape index (κ2) is 10.2. The molecule has 1 aliphatic heterocycles. The van der Waals surface area contributed by atoms with Crippen molar-refractivity contribution in [1.82, 2.24) is 5.32 Å². The summed E-state index contributed by atoms with van der Waals surface area (Å²) >= 11 is 0. The van der Waals surface area contributed by atoms with Gasteiger partial charge in [-0.25, -0.2) is 4.79 Å². The fraction of sp³-hybridized carbons (Fsp3) is 0.458. The number of carbonyl (C=O) groups is 3. The van der Waals surface area contributed by atoms with Crippen LogP contribution in [0.5, 0.6) is 11.5 Å². The molecule has 35 heavy (non-hydrogen) atoms. The summed E-state index contributed by atoms with van der Waals surface area (Å²) in [6.07, 6.45) is 0.309. The van der Waals surface area contributed by atoms with Gasteiger partial charge in [0.2, 0.25) is 5.75 Å². The number of allylic oxidation sites excluding steroid dienone is 3. The van der Waals surface area contributed by atoms with Crippen LogP contribution in [0.2, 0.25) is 0 Å². The molecule has 0 saturated carbocycles. The van der Waals surface area contributed by atoms with E-state index in [1.807, 2.05) is 0 Å². The third kappa shape index (κ3) is 4.58. The summed E-state index contributed by atoms with van der Waals surface area (Å²) in [5, 5.41) is 25.2. The first kappa shape index (κ1) is 25.7. The molecule has 0 bridgehead atoms. The van der Waals surface area contributed by atoms with E-state index < -0.39 is 45.9 Å². The number of ether oxygens (including phenoxy) is 3. The molecule has 2 N–H and O–H groups in total. The molecular weight excluding hydrogens is 460 g/mol. The van der Waals surface area contributed by atoms with Gasteiger partial charge in [-0.15, -0.1) is 0 Å². The number of aromatic hydroxyl groups is 1. The van der Waals surface area contributed by atoms with E-state index in [0.717, 1.165) is 6.07 Å². The normalized spacial score (nSPS) is 21.7. The highest BCUT2D eigenvalue weighted by atomic mass is 16.6. The number of Topliss-reactive ketones (excluding diaryl/α,β-unsaturated/α-hetero) is 1. The lowest BCUT2D eigenvalue weighted by Crippen LogP contribution is -2.43. The number of nitro groups is 1. The van der Waals surface area contributed by atoms with Crippen LogP contribution in [0.25, 0.3) is 0 Å². The summed E-state index contributed by atoms with van der Waals surface area (Å²) < 4.78 is 15.5. The molecule has 3 rings (SSSR count). The molecule has 3 atom stereocenters. The van der Waals surface area contributed by atoms with Crippen LogP contribution in [-0.4, -0.2) is 48.1 Å². The minimum absolute atomic E-state index is 0.0595. The number of hydrogen-bond donors (Lipinski definition) is 2. The van der Waals surface area contributed by atoms with Crippen molar-refractivity contribution in [3.8, 4) is 11.5 Å². The Labute approximate surface area is 201 Å². The second-order valence-corrected chi connectivity index (χ2v) is 8.33. The Morgan fingerprint density at radius 3 is 2.51 bits per heavy atom. The van der Waals surface area contributed by atoms with Crippen LogP contribution >= 0.6 is 0 Å². The van der Waals surface area contributed by atoms with Gasteiger partial charge >= 0.3 is 17.6 Å². The number of nitrogens with one attached hydrogen (secondary N) is 1. The molecule has 2 aliphatic rings. The van der Waals surface area contributed by atoms with Crippen molar-refractivity contribution in [2.24, 2.45) is 11.8 Å². The third-order valence-electron chi connectivity index (χ3n) is 6.15. The zero-order valence-corrected chi connectivity index (χ0v) is 20.2. The first-order valence-corrected chi connectivity index (χ1v) is 11.2. The van der Waals surface area contributed by atoms with Gasteiger partial charge in [0.15, 0.2) is 11.5 Å². The van der Waals surface area contributed by atoms with E-state index in [4.69, 9.17) is 14.2 Å². The molecule has 0 fully saturated rings. The highest BCUT2D eigenvalue weighted by molar-refractivity contribution is 6.12. The van der Waals surface area contributed by atoms with E-state index in [0.29, 0.717) is 17.8 Å². The molecule has 0 spiro atoms. The van der Waals surface area contributed by atoms with Crippen molar-refractivity contribution in [2.45, 2.75) is 40.0 Å².